The standard InChI is InChI=1S/C12H20N2O.ClH/c13-11-9-4-3-8(5-9)10(11)12(15)14-6-7-1-2-7;/h7-11H,1-6,13H2,(H,14,15);1H. The van der Waals surface area contributed by atoms with Crippen molar-refractivity contribution in [2.75, 3.05) is 6.54 Å². The van der Waals surface area contributed by atoms with Crippen LogP contribution in [0.1, 0.15) is 32.1 Å². The quantitative estimate of drug-likeness (QED) is 0.787. The van der Waals surface area contributed by atoms with E-state index in [9.17, 15) is 4.79 Å². The molecule has 4 atom stereocenters. The van der Waals surface area contributed by atoms with E-state index in [1.165, 1.54) is 32.1 Å². The molecule has 92 valence electrons. The Morgan fingerprint density at radius 3 is 2.44 bits per heavy atom. The van der Waals surface area contributed by atoms with E-state index in [1.54, 1.807) is 0 Å². The van der Waals surface area contributed by atoms with Crippen LogP contribution in [0.15, 0.2) is 0 Å². The molecule has 0 spiro atoms. The van der Waals surface area contributed by atoms with Crippen molar-refractivity contribution in [3.8, 4) is 0 Å². The summed E-state index contributed by atoms with van der Waals surface area (Å²) in [6, 6.07) is 0.142. The zero-order valence-electron chi connectivity index (χ0n) is 9.52. The van der Waals surface area contributed by atoms with Crippen LogP contribution in [0, 0.1) is 23.7 Å². The Morgan fingerprint density at radius 1 is 1.19 bits per heavy atom. The SMILES string of the molecule is Cl.NC1C2CCC(C2)C1C(=O)NCC1CC1. The Hall–Kier alpha value is -0.280. The van der Waals surface area contributed by atoms with Gasteiger partial charge < -0.3 is 11.1 Å². The van der Waals surface area contributed by atoms with Crippen molar-refractivity contribution in [1.29, 1.82) is 0 Å². The largest absolute Gasteiger partial charge is 0.356 e. The third-order valence-corrected chi connectivity index (χ3v) is 4.55. The molecule has 2 bridgehead atoms. The van der Waals surface area contributed by atoms with Crippen molar-refractivity contribution >= 4 is 18.3 Å². The van der Waals surface area contributed by atoms with Crippen LogP contribution in [0.5, 0.6) is 0 Å². The molecule has 0 heterocycles. The van der Waals surface area contributed by atoms with E-state index in [0.29, 0.717) is 11.8 Å². The second-order valence-electron chi connectivity index (χ2n) is 5.62. The first kappa shape index (κ1) is 12.2. The lowest BCUT2D eigenvalue weighted by atomic mass is 9.84. The van der Waals surface area contributed by atoms with E-state index in [2.05, 4.69) is 5.32 Å². The third-order valence-electron chi connectivity index (χ3n) is 4.55. The van der Waals surface area contributed by atoms with E-state index in [0.717, 1.165) is 12.5 Å². The molecule has 3 saturated carbocycles. The Labute approximate surface area is 103 Å². The monoisotopic (exact) mass is 244 g/mol. The van der Waals surface area contributed by atoms with Crippen LogP contribution in [0.2, 0.25) is 0 Å². The molecule has 0 saturated heterocycles. The third kappa shape index (κ3) is 2.07. The van der Waals surface area contributed by atoms with Crippen molar-refractivity contribution in [1.82, 2.24) is 5.32 Å². The van der Waals surface area contributed by atoms with E-state index in [1.807, 2.05) is 0 Å². The highest BCUT2D eigenvalue weighted by Gasteiger charge is 2.49. The van der Waals surface area contributed by atoms with Crippen molar-refractivity contribution in [3.05, 3.63) is 0 Å². The topological polar surface area (TPSA) is 55.1 Å². The summed E-state index contributed by atoms with van der Waals surface area (Å²) in [5, 5.41) is 3.08. The van der Waals surface area contributed by atoms with Gasteiger partial charge in [0.05, 0.1) is 5.92 Å². The van der Waals surface area contributed by atoms with Gasteiger partial charge in [-0.2, -0.15) is 0 Å². The Morgan fingerprint density at radius 2 is 1.88 bits per heavy atom. The maximum atomic E-state index is 12.0. The summed E-state index contributed by atoms with van der Waals surface area (Å²) in [5.74, 6) is 2.35. The molecule has 3 fully saturated rings. The molecule has 3 aliphatic carbocycles. The molecule has 0 radical (unpaired) electrons. The van der Waals surface area contributed by atoms with Gasteiger partial charge in [0.25, 0.3) is 0 Å². The van der Waals surface area contributed by atoms with E-state index in [4.69, 9.17) is 5.73 Å². The minimum atomic E-state index is 0. The molecule has 3 N–H and O–H groups in total. The van der Waals surface area contributed by atoms with Crippen LogP contribution < -0.4 is 11.1 Å². The first-order valence-corrected chi connectivity index (χ1v) is 6.29. The van der Waals surface area contributed by atoms with Crippen LogP contribution in [-0.2, 0) is 4.79 Å². The number of carbonyl (C=O) groups excluding carboxylic acids is 1. The maximum absolute atomic E-state index is 12.0. The average molecular weight is 245 g/mol. The van der Waals surface area contributed by atoms with E-state index >= 15 is 0 Å². The zero-order valence-corrected chi connectivity index (χ0v) is 10.3. The lowest BCUT2D eigenvalue weighted by molar-refractivity contribution is -0.127. The summed E-state index contributed by atoms with van der Waals surface area (Å²) in [4.78, 5) is 12.0. The minimum Gasteiger partial charge on any atom is -0.356 e. The van der Waals surface area contributed by atoms with Crippen molar-refractivity contribution < 1.29 is 4.79 Å². The smallest absolute Gasteiger partial charge is 0.224 e. The van der Waals surface area contributed by atoms with Gasteiger partial charge in [-0.05, 0) is 49.9 Å². The summed E-state index contributed by atoms with van der Waals surface area (Å²) in [6.07, 6.45) is 6.26. The summed E-state index contributed by atoms with van der Waals surface area (Å²) < 4.78 is 0. The summed E-state index contributed by atoms with van der Waals surface area (Å²) in [6.45, 7) is 0.888. The molecule has 0 aliphatic heterocycles. The molecule has 4 heteroatoms. The number of nitrogens with one attached hydrogen (secondary N) is 1. The van der Waals surface area contributed by atoms with Crippen LogP contribution >= 0.6 is 12.4 Å². The number of amides is 1. The normalized spacial score (nSPS) is 40.6. The number of halogens is 1. The molecule has 3 rings (SSSR count). The van der Waals surface area contributed by atoms with Gasteiger partial charge in [0.2, 0.25) is 5.91 Å². The molecule has 0 aromatic rings. The van der Waals surface area contributed by atoms with Crippen molar-refractivity contribution in [3.63, 3.8) is 0 Å². The molecular weight excluding hydrogens is 224 g/mol. The van der Waals surface area contributed by atoms with E-state index < -0.39 is 0 Å². The molecule has 3 aliphatic rings. The first-order chi connectivity index (χ1) is 7.25. The Balaban J connectivity index is 0.000000963. The highest BCUT2D eigenvalue weighted by molar-refractivity contribution is 5.85. The minimum absolute atomic E-state index is 0. The maximum Gasteiger partial charge on any atom is 0.224 e. The molecule has 3 nitrogen and oxygen atoms in total. The van der Waals surface area contributed by atoms with Gasteiger partial charge in [0.15, 0.2) is 0 Å². The fraction of sp³-hybridized carbons (Fsp3) is 0.917. The molecule has 1 amide bonds. The van der Waals surface area contributed by atoms with E-state index in [-0.39, 0.29) is 30.3 Å². The number of fused-ring (bicyclic) bond motifs is 2. The van der Waals surface area contributed by atoms with Crippen molar-refractivity contribution in [2.45, 2.75) is 38.1 Å². The highest BCUT2D eigenvalue weighted by atomic mass is 35.5. The summed E-state index contributed by atoms with van der Waals surface area (Å²) in [5.41, 5.74) is 6.13. The van der Waals surface area contributed by atoms with Gasteiger partial charge in [-0.3, -0.25) is 4.79 Å². The van der Waals surface area contributed by atoms with Crippen molar-refractivity contribution in [2.24, 2.45) is 29.4 Å². The number of carbonyl (C=O) groups is 1. The highest BCUT2D eigenvalue weighted by Crippen LogP contribution is 2.47. The van der Waals surface area contributed by atoms with Gasteiger partial charge in [0, 0.05) is 12.6 Å². The molecular formula is C12H21ClN2O. The lowest BCUT2D eigenvalue weighted by Crippen LogP contribution is -2.45. The second-order valence-corrected chi connectivity index (χ2v) is 5.62. The summed E-state index contributed by atoms with van der Waals surface area (Å²) in [7, 11) is 0. The first-order valence-electron chi connectivity index (χ1n) is 6.29. The van der Waals surface area contributed by atoms with Crippen LogP contribution in [0.4, 0.5) is 0 Å². The molecule has 4 unspecified atom stereocenters. The van der Waals surface area contributed by atoms with Crippen LogP contribution in [0.3, 0.4) is 0 Å². The predicted octanol–water partition coefficient (Wildman–Crippen LogP) is 1.31. The molecule has 0 aromatic carbocycles. The predicted molar refractivity (Wildman–Crippen MR) is 65.3 cm³/mol. The number of nitrogens with two attached hydrogens (primary N) is 1. The van der Waals surface area contributed by atoms with Gasteiger partial charge >= 0.3 is 0 Å². The fourth-order valence-corrected chi connectivity index (χ4v) is 3.41. The Kier molecular flexibility index (Phi) is 3.45. The lowest BCUT2D eigenvalue weighted by Gasteiger charge is -2.26. The van der Waals surface area contributed by atoms with Gasteiger partial charge in [-0.25, -0.2) is 0 Å². The molecule has 16 heavy (non-hydrogen) atoms. The van der Waals surface area contributed by atoms with Gasteiger partial charge in [0.1, 0.15) is 0 Å². The van der Waals surface area contributed by atoms with Gasteiger partial charge in [-0.15, -0.1) is 12.4 Å². The second kappa shape index (κ2) is 4.53. The van der Waals surface area contributed by atoms with Gasteiger partial charge in [-0.1, -0.05) is 0 Å². The number of hydrogen-bond donors (Lipinski definition) is 2. The Bertz CT molecular complexity index is 278. The average Bonchev–Trinajstić information content (AvgIpc) is 2.85. The zero-order chi connectivity index (χ0) is 10.4. The number of hydrogen-bond acceptors (Lipinski definition) is 2. The molecule has 0 aromatic heterocycles. The van der Waals surface area contributed by atoms with Crippen LogP contribution in [0.25, 0.3) is 0 Å². The number of rotatable bonds is 3. The van der Waals surface area contributed by atoms with Crippen LogP contribution in [-0.4, -0.2) is 18.5 Å². The fourth-order valence-electron chi connectivity index (χ4n) is 3.41. The summed E-state index contributed by atoms with van der Waals surface area (Å²) >= 11 is 0.